The Balaban J connectivity index is 2.25. The van der Waals surface area contributed by atoms with E-state index in [1.807, 2.05) is 6.07 Å². The molecule has 0 heterocycles. The Morgan fingerprint density at radius 2 is 2.13 bits per heavy atom. The molecule has 0 bridgehead atoms. The Morgan fingerprint density at radius 1 is 1.33 bits per heavy atom. The molecule has 0 radical (unpaired) electrons. The van der Waals surface area contributed by atoms with E-state index in [0.717, 1.165) is 37.7 Å². The van der Waals surface area contributed by atoms with E-state index in [9.17, 15) is 9.50 Å². The number of hydrogen-bond donors (Lipinski definition) is 1. The second kappa shape index (κ2) is 6.57. The minimum absolute atomic E-state index is 0.179. The van der Waals surface area contributed by atoms with Gasteiger partial charge in [-0.25, -0.2) is 4.39 Å². The van der Waals surface area contributed by atoms with Crippen molar-refractivity contribution in [3.8, 4) is 0 Å². The Labute approximate surface area is 90.9 Å². The van der Waals surface area contributed by atoms with Crippen molar-refractivity contribution >= 4 is 0 Å². The molecule has 1 atom stereocenters. The summed E-state index contributed by atoms with van der Waals surface area (Å²) in [6.45, 7) is 2.07. The van der Waals surface area contributed by atoms with Gasteiger partial charge in [0.25, 0.3) is 0 Å². The molecule has 1 aromatic rings. The highest BCUT2D eigenvalue weighted by Crippen LogP contribution is 2.10. The molecule has 0 aliphatic rings. The number of rotatable bonds is 6. The maximum Gasteiger partial charge on any atom is 0.123 e. The van der Waals surface area contributed by atoms with Crippen LogP contribution in [-0.2, 0) is 6.42 Å². The lowest BCUT2D eigenvalue weighted by Gasteiger charge is -2.08. The largest absolute Gasteiger partial charge is 0.393 e. The van der Waals surface area contributed by atoms with Gasteiger partial charge in [-0.3, -0.25) is 0 Å². The molecule has 0 amide bonds. The van der Waals surface area contributed by atoms with Gasteiger partial charge in [-0.2, -0.15) is 0 Å². The third-order valence-electron chi connectivity index (χ3n) is 2.51. The van der Waals surface area contributed by atoms with Crippen LogP contribution in [0.25, 0.3) is 0 Å². The Bertz CT molecular complexity index is 286. The fraction of sp³-hybridized carbons (Fsp3) is 0.538. The smallest absolute Gasteiger partial charge is 0.123 e. The van der Waals surface area contributed by atoms with Crippen LogP contribution in [0.3, 0.4) is 0 Å². The van der Waals surface area contributed by atoms with Crippen LogP contribution < -0.4 is 0 Å². The van der Waals surface area contributed by atoms with Gasteiger partial charge in [-0.15, -0.1) is 0 Å². The Morgan fingerprint density at radius 3 is 2.80 bits per heavy atom. The van der Waals surface area contributed by atoms with Crippen molar-refractivity contribution in [1.82, 2.24) is 0 Å². The number of aliphatic hydroxyl groups excluding tert-OH is 1. The van der Waals surface area contributed by atoms with Gasteiger partial charge in [0.1, 0.15) is 5.82 Å². The molecule has 0 aromatic heterocycles. The zero-order valence-electron chi connectivity index (χ0n) is 9.25. The summed E-state index contributed by atoms with van der Waals surface area (Å²) in [5, 5.41) is 9.51. The zero-order chi connectivity index (χ0) is 11.1. The number of halogens is 1. The van der Waals surface area contributed by atoms with Crippen molar-refractivity contribution < 1.29 is 9.50 Å². The molecule has 0 saturated heterocycles. The first-order chi connectivity index (χ1) is 7.22. The van der Waals surface area contributed by atoms with Crippen LogP contribution in [0.1, 0.15) is 38.2 Å². The van der Waals surface area contributed by atoms with Crippen molar-refractivity contribution in [2.24, 2.45) is 0 Å². The average Bonchev–Trinajstić information content (AvgIpc) is 2.18. The van der Waals surface area contributed by atoms with Gasteiger partial charge in [-0.1, -0.05) is 25.5 Å². The van der Waals surface area contributed by atoms with Crippen LogP contribution in [0.4, 0.5) is 4.39 Å². The van der Waals surface area contributed by atoms with Gasteiger partial charge in [0.05, 0.1) is 6.10 Å². The molecular weight excluding hydrogens is 191 g/mol. The van der Waals surface area contributed by atoms with Crippen molar-refractivity contribution in [2.75, 3.05) is 0 Å². The third kappa shape index (κ3) is 4.93. The number of benzene rings is 1. The molecule has 1 unspecified atom stereocenters. The molecule has 1 N–H and O–H groups in total. The van der Waals surface area contributed by atoms with Crippen molar-refractivity contribution in [3.63, 3.8) is 0 Å². The normalized spacial score (nSPS) is 12.7. The summed E-state index contributed by atoms with van der Waals surface area (Å²) in [6, 6.07) is 6.67. The van der Waals surface area contributed by atoms with Gasteiger partial charge >= 0.3 is 0 Å². The summed E-state index contributed by atoms with van der Waals surface area (Å²) in [4.78, 5) is 0. The molecule has 2 heteroatoms. The highest BCUT2D eigenvalue weighted by molar-refractivity contribution is 5.16. The van der Waals surface area contributed by atoms with E-state index in [2.05, 4.69) is 6.92 Å². The second-order valence-corrected chi connectivity index (χ2v) is 3.96. The minimum atomic E-state index is -0.191. The van der Waals surface area contributed by atoms with Gasteiger partial charge in [0.2, 0.25) is 0 Å². The lowest BCUT2D eigenvalue weighted by Crippen LogP contribution is -2.05. The third-order valence-corrected chi connectivity index (χ3v) is 2.51. The summed E-state index contributed by atoms with van der Waals surface area (Å²) < 4.78 is 12.8. The lowest BCUT2D eigenvalue weighted by molar-refractivity contribution is 0.151. The summed E-state index contributed by atoms with van der Waals surface area (Å²) in [5.74, 6) is -0.179. The first kappa shape index (κ1) is 12.2. The second-order valence-electron chi connectivity index (χ2n) is 3.96. The average molecular weight is 210 g/mol. The van der Waals surface area contributed by atoms with Gasteiger partial charge < -0.3 is 5.11 Å². The molecule has 1 nitrogen and oxygen atoms in total. The minimum Gasteiger partial charge on any atom is -0.393 e. The van der Waals surface area contributed by atoms with E-state index in [4.69, 9.17) is 0 Å². The molecule has 0 saturated carbocycles. The first-order valence-corrected chi connectivity index (χ1v) is 5.65. The quantitative estimate of drug-likeness (QED) is 0.763. The van der Waals surface area contributed by atoms with Gasteiger partial charge in [0, 0.05) is 0 Å². The maximum absolute atomic E-state index is 12.8. The first-order valence-electron chi connectivity index (χ1n) is 5.65. The van der Waals surface area contributed by atoms with Crippen LogP contribution in [0.2, 0.25) is 0 Å². The summed E-state index contributed by atoms with van der Waals surface area (Å²) in [5.41, 5.74) is 1.01. The monoisotopic (exact) mass is 210 g/mol. The summed E-state index contributed by atoms with van der Waals surface area (Å²) in [7, 11) is 0. The van der Waals surface area contributed by atoms with Crippen molar-refractivity contribution in [1.29, 1.82) is 0 Å². The maximum atomic E-state index is 12.8. The van der Waals surface area contributed by atoms with E-state index < -0.39 is 0 Å². The standard InChI is InChI=1S/C13H19FO/c1-2-5-13(15)9-4-7-11-6-3-8-12(14)10-11/h3,6,8,10,13,15H,2,4-5,7,9H2,1H3. The molecule has 0 spiro atoms. The van der Waals surface area contributed by atoms with Crippen molar-refractivity contribution in [3.05, 3.63) is 35.6 Å². The number of aliphatic hydroxyl groups is 1. The predicted molar refractivity (Wildman–Crippen MR) is 60.3 cm³/mol. The van der Waals surface area contributed by atoms with Crippen LogP contribution in [0.5, 0.6) is 0 Å². The van der Waals surface area contributed by atoms with Crippen LogP contribution in [0, 0.1) is 5.82 Å². The summed E-state index contributed by atoms with van der Waals surface area (Å²) in [6.07, 6.45) is 4.26. The molecule has 0 fully saturated rings. The Kier molecular flexibility index (Phi) is 5.33. The molecule has 0 aliphatic carbocycles. The van der Waals surface area contributed by atoms with E-state index in [0.29, 0.717) is 0 Å². The van der Waals surface area contributed by atoms with E-state index in [-0.39, 0.29) is 11.9 Å². The van der Waals surface area contributed by atoms with E-state index in [1.54, 1.807) is 12.1 Å². The van der Waals surface area contributed by atoms with Crippen molar-refractivity contribution in [2.45, 2.75) is 45.1 Å². The van der Waals surface area contributed by atoms with E-state index in [1.165, 1.54) is 6.07 Å². The number of hydrogen-bond acceptors (Lipinski definition) is 1. The zero-order valence-corrected chi connectivity index (χ0v) is 9.25. The molecule has 1 aromatic carbocycles. The highest BCUT2D eigenvalue weighted by Gasteiger charge is 2.02. The lowest BCUT2D eigenvalue weighted by atomic mass is 10.0. The SMILES string of the molecule is CCCC(O)CCCc1cccc(F)c1. The highest BCUT2D eigenvalue weighted by atomic mass is 19.1. The van der Waals surface area contributed by atoms with Crippen LogP contribution in [0.15, 0.2) is 24.3 Å². The predicted octanol–water partition coefficient (Wildman–Crippen LogP) is 3.31. The number of aryl methyl sites for hydroxylation is 1. The Hall–Kier alpha value is -0.890. The fourth-order valence-corrected chi connectivity index (χ4v) is 1.71. The van der Waals surface area contributed by atoms with Crippen LogP contribution in [-0.4, -0.2) is 11.2 Å². The molecule has 84 valence electrons. The molecule has 0 aliphatic heterocycles. The summed E-state index contributed by atoms with van der Waals surface area (Å²) >= 11 is 0. The molecular formula is C13H19FO. The van der Waals surface area contributed by atoms with E-state index >= 15 is 0 Å². The van der Waals surface area contributed by atoms with Gasteiger partial charge in [0.15, 0.2) is 0 Å². The van der Waals surface area contributed by atoms with Crippen LogP contribution >= 0.6 is 0 Å². The fourth-order valence-electron chi connectivity index (χ4n) is 1.71. The topological polar surface area (TPSA) is 20.2 Å². The van der Waals surface area contributed by atoms with Gasteiger partial charge in [-0.05, 0) is 43.4 Å². The molecule has 1 rings (SSSR count). The molecule has 15 heavy (non-hydrogen) atoms.